The van der Waals surface area contributed by atoms with E-state index in [1.165, 1.54) is 12.1 Å². The minimum absolute atomic E-state index is 0.0312. The maximum Gasteiger partial charge on any atom is 0.413 e. The van der Waals surface area contributed by atoms with Gasteiger partial charge < -0.3 is 14.4 Å². The lowest BCUT2D eigenvalue weighted by Crippen LogP contribution is -2.57. The van der Waals surface area contributed by atoms with E-state index in [1.807, 2.05) is 4.90 Å². The topological polar surface area (TPSA) is 110 Å². The summed E-state index contributed by atoms with van der Waals surface area (Å²) in [6, 6.07) is 3.49. The molecule has 244 valence electrons. The van der Waals surface area contributed by atoms with Crippen LogP contribution in [0.25, 0.3) is 32.2 Å². The van der Waals surface area contributed by atoms with Gasteiger partial charge in [-0.3, -0.25) is 10.2 Å². The van der Waals surface area contributed by atoms with Gasteiger partial charge in [0.15, 0.2) is 10.9 Å². The molecule has 0 aliphatic carbocycles. The van der Waals surface area contributed by atoms with Gasteiger partial charge in [0.05, 0.1) is 27.3 Å². The smallest absolute Gasteiger partial charge is 0.413 e. The number of piperazine rings is 1. The van der Waals surface area contributed by atoms with Gasteiger partial charge in [0, 0.05) is 29.6 Å². The molecule has 1 N–H and O–H groups in total. The second-order valence-electron chi connectivity index (χ2n) is 13.4. The summed E-state index contributed by atoms with van der Waals surface area (Å²) in [4.78, 5) is 41.0. The van der Waals surface area contributed by atoms with Crippen LogP contribution < -0.4 is 10.2 Å². The lowest BCUT2D eigenvalue weighted by molar-refractivity contribution is 0.0122. The minimum Gasteiger partial charge on any atom is -0.444 e. The van der Waals surface area contributed by atoms with Crippen molar-refractivity contribution in [1.82, 2.24) is 19.9 Å². The van der Waals surface area contributed by atoms with Crippen LogP contribution in [0.15, 0.2) is 18.2 Å². The Labute approximate surface area is 271 Å². The third-order valence-electron chi connectivity index (χ3n) is 7.59. The second kappa shape index (κ2) is 11.4. The van der Waals surface area contributed by atoms with Crippen LogP contribution >= 0.6 is 22.9 Å². The van der Waals surface area contributed by atoms with E-state index in [4.69, 9.17) is 21.1 Å². The summed E-state index contributed by atoms with van der Waals surface area (Å²) in [6.45, 7) is 11.1. The van der Waals surface area contributed by atoms with Crippen molar-refractivity contribution in [2.24, 2.45) is 0 Å². The van der Waals surface area contributed by atoms with E-state index in [0.29, 0.717) is 13.1 Å². The van der Waals surface area contributed by atoms with Gasteiger partial charge in [0.25, 0.3) is 0 Å². The first-order valence-electron chi connectivity index (χ1n) is 14.7. The number of nitrogens with one attached hydrogen (secondary N) is 1. The fourth-order valence-electron chi connectivity index (χ4n) is 5.95. The van der Waals surface area contributed by atoms with E-state index in [0.717, 1.165) is 30.2 Å². The van der Waals surface area contributed by atoms with Crippen LogP contribution in [0.2, 0.25) is 5.02 Å². The summed E-state index contributed by atoms with van der Waals surface area (Å²) in [7, 11) is 0. The molecule has 0 spiro atoms. The first-order chi connectivity index (χ1) is 21.5. The van der Waals surface area contributed by atoms with Crippen LogP contribution in [-0.4, -0.2) is 68.4 Å². The molecule has 0 radical (unpaired) electrons. The van der Waals surface area contributed by atoms with Crippen LogP contribution in [0.3, 0.4) is 0 Å². The molecule has 2 atom stereocenters. The van der Waals surface area contributed by atoms with Gasteiger partial charge in [-0.15, -0.1) is 0 Å². The molecule has 2 aliphatic rings. The number of hydrogen-bond donors (Lipinski definition) is 1. The van der Waals surface area contributed by atoms with E-state index in [9.17, 15) is 18.4 Å². The number of nitrogens with zero attached hydrogens (tertiary/aromatic N) is 5. The molecular formula is C31H32ClF3N6O4S. The van der Waals surface area contributed by atoms with Crippen molar-refractivity contribution < 1.29 is 32.2 Å². The maximum atomic E-state index is 16.4. The summed E-state index contributed by atoms with van der Waals surface area (Å²) in [6.07, 6.45) is -0.884. The Balaban J connectivity index is 1.38. The molecule has 4 heterocycles. The average molecular weight is 677 g/mol. The number of aromatic nitrogens is 3. The summed E-state index contributed by atoms with van der Waals surface area (Å²) in [5.41, 5.74) is -1.74. The zero-order chi connectivity index (χ0) is 33.3. The Kier molecular flexibility index (Phi) is 7.95. The molecule has 6 rings (SSSR count). The van der Waals surface area contributed by atoms with Gasteiger partial charge in [-0.2, -0.15) is 14.4 Å². The van der Waals surface area contributed by atoms with Gasteiger partial charge in [-0.05, 0) is 72.6 Å². The van der Waals surface area contributed by atoms with E-state index in [-0.39, 0.29) is 60.3 Å². The number of ether oxygens (including phenoxy) is 2. The molecule has 2 bridgehead atoms. The monoisotopic (exact) mass is 676 g/mol. The number of thiazole rings is 1. The Hall–Kier alpha value is -3.91. The van der Waals surface area contributed by atoms with Crippen molar-refractivity contribution in [2.45, 2.75) is 77.7 Å². The molecule has 15 heteroatoms. The lowest BCUT2D eigenvalue weighted by Gasteiger charge is -2.42. The normalized spacial score (nSPS) is 18.4. The van der Waals surface area contributed by atoms with Crippen LogP contribution in [0.5, 0.6) is 0 Å². The fourth-order valence-corrected chi connectivity index (χ4v) is 7.13. The molecule has 46 heavy (non-hydrogen) atoms. The van der Waals surface area contributed by atoms with Gasteiger partial charge in [-0.1, -0.05) is 22.9 Å². The van der Waals surface area contributed by atoms with E-state index in [2.05, 4.69) is 20.3 Å². The third kappa shape index (κ3) is 6.11. The first kappa shape index (κ1) is 32.0. The highest BCUT2D eigenvalue weighted by molar-refractivity contribution is 7.22. The highest BCUT2D eigenvalue weighted by atomic mass is 35.5. The molecule has 10 nitrogen and oxygen atoms in total. The van der Waals surface area contributed by atoms with Crippen LogP contribution in [0.1, 0.15) is 54.4 Å². The summed E-state index contributed by atoms with van der Waals surface area (Å²) in [5.74, 6) is -1.43. The number of rotatable bonds is 3. The average Bonchev–Trinajstić information content (AvgIpc) is 3.46. The van der Waals surface area contributed by atoms with Crippen LogP contribution in [0.4, 0.5) is 33.7 Å². The van der Waals surface area contributed by atoms with Gasteiger partial charge in [-0.25, -0.2) is 23.4 Å². The summed E-state index contributed by atoms with van der Waals surface area (Å²) >= 11 is 7.55. The SMILES string of the molecule is CC(C)(C)OC(=O)Nc1nc2c(-c3c(Cl)cc4c(N5CC6CCC(C5)N6C(=O)OC(C)(C)C)nc(F)nc4c3F)ccc(F)c2s1. The van der Waals surface area contributed by atoms with E-state index in [1.54, 1.807) is 46.4 Å². The van der Waals surface area contributed by atoms with E-state index >= 15 is 4.39 Å². The van der Waals surface area contributed by atoms with Crippen LogP contribution in [0, 0.1) is 17.7 Å². The van der Waals surface area contributed by atoms with Crippen molar-refractivity contribution in [3.8, 4) is 11.1 Å². The zero-order valence-electron chi connectivity index (χ0n) is 26.0. The molecule has 2 saturated heterocycles. The molecule has 0 saturated carbocycles. The zero-order valence-corrected chi connectivity index (χ0v) is 27.6. The number of halogens is 4. The Bertz CT molecular complexity index is 1880. The largest absolute Gasteiger partial charge is 0.444 e. The quantitative estimate of drug-likeness (QED) is 0.218. The molecule has 2 amide bonds. The van der Waals surface area contributed by atoms with Crippen molar-refractivity contribution in [1.29, 1.82) is 0 Å². The summed E-state index contributed by atoms with van der Waals surface area (Å²) in [5, 5.41) is 2.64. The molecule has 2 unspecified atom stereocenters. The number of fused-ring (bicyclic) bond motifs is 4. The van der Waals surface area contributed by atoms with Crippen molar-refractivity contribution >= 4 is 67.2 Å². The molecule has 4 aromatic rings. The molecule has 2 aromatic carbocycles. The third-order valence-corrected chi connectivity index (χ3v) is 8.87. The Morgan fingerprint density at radius 3 is 2.24 bits per heavy atom. The van der Waals surface area contributed by atoms with Crippen LogP contribution in [-0.2, 0) is 9.47 Å². The lowest BCUT2D eigenvalue weighted by atomic mass is 10.0. The van der Waals surface area contributed by atoms with Crippen molar-refractivity contribution in [2.75, 3.05) is 23.3 Å². The Morgan fingerprint density at radius 1 is 0.957 bits per heavy atom. The highest BCUT2D eigenvalue weighted by Crippen LogP contribution is 2.43. The number of anilines is 2. The van der Waals surface area contributed by atoms with Gasteiger partial charge in [0.1, 0.15) is 28.4 Å². The number of hydrogen-bond acceptors (Lipinski definition) is 9. The molecular weight excluding hydrogens is 645 g/mol. The Morgan fingerprint density at radius 2 is 1.61 bits per heavy atom. The standard InChI is InChI=1S/C31H32ClF3N6O4S/c1-30(2,3)44-28(42)39-27-37-23-16(9-10-19(33)24(23)46-27)20-18(32)11-17-22(21(20)34)36-26(35)38-25(17)40-12-14-7-8-15(13-40)41(14)29(43)45-31(4,5)6/h9-11,14-15H,7-8,12-13H2,1-6H3,(H,37,39,42). The van der Waals surface area contributed by atoms with E-state index < -0.39 is 41.1 Å². The summed E-state index contributed by atoms with van der Waals surface area (Å²) < 4.78 is 57.2. The van der Waals surface area contributed by atoms with Crippen molar-refractivity contribution in [3.05, 3.63) is 40.9 Å². The number of carbonyl (C=O) groups is 2. The maximum absolute atomic E-state index is 16.4. The highest BCUT2D eigenvalue weighted by Gasteiger charge is 2.45. The fraction of sp³-hybridized carbons (Fsp3) is 0.452. The molecule has 2 aliphatic heterocycles. The number of amides is 2. The predicted molar refractivity (Wildman–Crippen MR) is 170 cm³/mol. The predicted octanol–water partition coefficient (Wildman–Crippen LogP) is 7.91. The molecule has 2 aromatic heterocycles. The first-order valence-corrected chi connectivity index (χ1v) is 15.9. The number of carbonyl (C=O) groups excluding carboxylic acids is 2. The van der Waals surface area contributed by atoms with Crippen molar-refractivity contribution in [3.63, 3.8) is 0 Å². The number of benzene rings is 2. The second-order valence-corrected chi connectivity index (χ2v) is 14.8. The molecule has 2 fully saturated rings. The minimum atomic E-state index is -1.14. The van der Waals surface area contributed by atoms with Gasteiger partial charge in [0.2, 0.25) is 0 Å². The van der Waals surface area contributed by atoms with Gasteiger partial charge >= 0.3 is 18.3 Å².